The molecule has 1 saturated heterocycles. The molecule has 0 radical (unpaired) electrons. The lowest BCUT2D eigenvalue weighted by molar-refractivity contribution is -0.142. The molecule has 0 aromatic carbocycles. The summed E-state index contributed by atoms with van der Waals surface area (Å²) in [6.45, 7) is 0.720. The van der Waals surface area contributed by atoms with E-state index >= 15 is 0 Å². The van der Waals surface area contributed by atoms with Gasteiger partial charge in [-0.05, 0) is 0 Å². The van der Waals surface area contributed by atoms with Crippen LogP contribution in [0, 0.1) is 0 Å². The fourth-order valence-electron chi connectivity index (χ4n) is 1.46. The van der Waals surface area contributed by atoms with Crippen LogP contribution < -0.4 is 5.32 Å². The Morgan fingerprint density at radius 1 is 1.47 bits per heavy atom. The minimum atomic E-state index is -1.30. The van der Waals surface area contributed by atoms with Crippen LogP contribution in [0.25, 0.3) is 0 Å². The number of nitrogens with zero attached hydrogens (tertiary/aromatic N) is 2. The number of aliphatic carboxylic acids is 1. The Morgan fingerprint density at radius 3 is 2.41 bits per heavy atom. The second-order valence-electron chi connectivity index (χ2n) is 3.73. The first-order valence-electron chi connectivity index (χ1n) is 4.88. The van der Waals surface area contributed by atoms with Crippen molar-refractivity contribution in [1.29, 1.82) is 0 Å². The quantitative estimate of drug-likeness (QED) is 0.582. The Kier molecular flexibility index (Phi) is 3.66. The first-order chi connectivity index (χ1) is 7.82. The van der Waals surface area contributed by atoms with E-state index in [2.05, 4.69) is 5.32 Å². The summed E-state index contributed by atoms with van der Waals surface area (Å²) in [5, 5.41) is 11.0. The van der Waals surface area contributed by atoms with Gasteiger partial charge in [0.1, 0.15) is 12.6 Å². The SMILES string of the molecule is CC(=O)NC(CN1C(=O)CN(C)C1=O)C(=O)O. The molecule has 0 aliphatic carbocycles. The number of carboxylic acids is 1. The molecule has 4 amide bonds. The molecule has 0 spiro atoms. The molecule has 1 aliphatic heterocycles. The van der Waals surface area contributed by atoms with Crippen molar-refractivity contribution < 1.29 is 24.3 Å². The van der Waals surface area contributed by atoms with Gasteiger partial charge in [-0.2, -0.15) is 0 Å². The fraction of sp³-hybridized carbons (Fsp3) is 0.556. The minimum Gasteiger partial charge on any atom is -0.480 e. The average Bonchev–Trinajstić information content (AvgIpc) is 2.43. The largest absolute Gasteiger partial charge is 0.480 e. The summed E-state index contributed by atoms with van der Waals surface area (Å²) in [7, 11) is 1.44. The van der Waals surface area contributed by atoms with Crippen molar-refractivity contribution in [3.8, 4) is 0 Å². The van der Waals surface area contributed by atoms with Gasteiger partial charge in [-0.25, -0.2) is 9.59 Å². The number of hydrogen-bond acceptors (Lipinski definition) is 4. The number of carboxylic acid groups (broad SMARTS) is 1. The first-order valence-corrected chi connectivity index (χ1v) is 4.88. The van der Waals surface area contributed by atoms with Crippen LogP contribution in [-0.4, -0.2) is 64.9 Å². The predicted octanol–water partition coefficient (Wildman–Crippen LogP) is -1.53. The van der Waals surface area contributed by atoms with E-state index in [0.717, 1.165) is 11.8 Å². The number of amides is 4. The van der Waals surface area contributed by atoms with Crippen molar-refractivity contribution >= 4 is 23.8 Å². The highest BCUT2D eigenvalue weighted by Crippen LogP contribution is 2.08. The van der Waals surface area contributed by atoms with Gasteiger partial charge in [0.25, 0.3) is 0 Å². The molecule has 1 unspecified atom stereocenters. The van der Waals surface area contributed by atoms with Gasteiger partial charge in [-0.3, -0.25) is 14.5 Å². The van der Waals surface area contributed by atoms with Gasteiger partial charge in [-0.15, -0.1) is 0 Å². The smallest absolute Gasteiger partial charge is 0.328 e. The van der Waals surface area contributed by atoms with Gasteiger partial charge >= 0.3 is 12.0 Å². The number of likely N-dealkylation sites (N-methyl/N-ethyl adjacent to an activating group) is 1. The van der Waals surface area contributed by atoms with E-state index < -0.39 is 29.9 Å². The third-order valence-electron chi connectivity index (χ3n) is 2.27. The summed E-state index contributed by atoms with van der Waals surface area (Å²) in [5.41, 5.74) is 0. The molecular weight excluding hydrogens is 230 g/mol. The number of urea groups is 1. The molecule has 1 aliphatic rings. The van der Waals surface area contributed by atoms with Crippen LogP contribution in [0.4, 0.5) is 4.79 Å². The third kappa shape index (κ3) is 2.92. The number of nitrogens with one attached hydrogen (secondary N) is 1. The van der Waals surface area contributed by atoms with Crippen LogP contribution in [-0.2, 0) is 14.4 Å². The van der Waals surface area contributed by atoms with Gasteiger partial charge in [-0.1, -0.05) is 0 Å². The number of imide groups is 1. The van der Waals surface area contributed by atoms with E-state index in [1.165, 1.54) is 11.9 Å². The minimum absolute atomic E-state index is 0.0781. The lowest BCUT2D eigenvalue weighted by Gasteiger charge is -2.19. The normalized spacial score (nSPS) is 17.3. The van der Waals surface area contributed by atoms with Gasteiger partial charge in [0.05, 0.1) is 6.54 Å². The monoisotopic (exact) mass is 243 g/mol. The highest BCUT2D eigenvalue weighted by atomic mass is 16.4. The number of carbonyl (C=O) groups is 4. The second-order valence-corrected chi connectivity index (χ2v) is 3.73. The van der Waals surface area contributed by atoms with E-state index in [1.54, 1.807) is 0 Å². The Hall–Kier alpha value is -2.12. The van der Waals surface area contributed by atoms with E-state index in [9.17, 15) is 19.2 Å². The maximum Gasteiger partial charge on any atom is 0.328 e. The molecule has 17 heavy (non-hydrogen) atoms. The van der Waals surface area contributed by atoms with Crippen LogP contribution in [0.5, 0.6) is 0 Å². The van der Waals surface area contributed by atoms with Gasteiger partial charge in [0, 0.05) is 14.0 Å². The Labute approximate surface area is 97.2 Å². The fourth-order valence-corrected chi connectivity index (χ4v) is 1.46. The van der Waals surface area contributed by atoms with E-state index in [-0.39, 0.29) is 13.1 Å². The third-order valence-corrected chi connectivity index (χ3v) is 2.27. The number of carbonyl (C=O) groups excluding carboxylic acids is 3. The molecule has 0 saturated carbocycles. The summed E-state index contributed by atoms with van der Waals surface area (Å²) in [6.07, 6.45) is 0. The highest BCUT2D eigenvalue weighted by Gasteiger charge is 2.36. The second kappa shape index (κ2) is 4.81. The van der Waals surface area contributed by atoms with Crippen LogP contribution in [0.15, 0.2) is 0 Å². The Bertz CT molecular complexity index is 381. The van der Waals surface area contributed by atoms with E-state index in [1.807, 2.05) is 0 Å². The maximum atomic E-state index is 11.5. The molecule has 1 fully saturated rings. The zero-order valence-corrected chi connectivity index (χ0v) is 9.47. The van der Waals surface area contributed by atoms with E-state index in [0.29, 0.717) is 0 Å². The lowest BCUT2D eigenvalue weighted by Crippen LogP contribution is -2.49. The molecule has 0 aromatic rings. The van der Waals surface area contributed by atoms with Crippen molar-refractivity contribution in [2.75, 3.05) is 20.1 Å². The maximum absolute atomic E-state index is 11.5. The molecule has 1 atom stereocenters. The van der Waals surface area contributed by atoms with Gasteiger partial charge < -0.3 is 15.3 Å². The van der Waals surface area contributed by atoms with Crippen LogP contribution in [0.2, 0.25) is 0 Å². The molecule has 1 heterocycles. The van der Waals surface area contributed by atoms with Crippen molar-refractivity contribution in [3.05, 3.63) is 0 Å². The van der Waals surface area contributed by atoms with Crippen molar-refractivity contribution in [2.24, 2.45) is 0 Å². The Morgan fingerprint density at radius 2 is 2.06 bits per heavy atom. The molecule has 0 bridgehead atoms. The lowest BCUT2D eigenvalue weighted by atomic mass is 10.2. The zero-order valence-electron chi connectivity index (χ0n) is 9.47. The molecule has 1 rings (SSSR count). The van der Waals surface area contributed by atoms with Crippen LogP contribution in [0.1, 0.15) is 6.92 Å². The number of hydrogen-bond donors (Lipinski definition) is 2. The molecule has 8 heteroatoms. The van der Waals surface area contributed by atoms with Crippen LogP contribution >= 0.6 is 0 Å². The summed E-state index contributed by atoms with van der Waals surface area (Å²) in [4.78, 5) is 46.5. The standard InChI is InChI=1S/C9H13N3O5/c1-5(13)10-6(8(15)16)3-12-7(14)4-11(2)9(12)17/h6H,3-4H2,1-2H3,(H,10,13)(H,15,16). The molecule has 2 N–H and O–H groups in total. The van der Waals surface area contributed by atoms with Crippen molar-refractivity contribution in [1.82, 2.24) is 15.1 Å². The predicted molar refractivity (Wildman–Crippen MR) is 55.0 cm³/mol. The Balaban J connectivity index is 2.73. The van der Waals surface area contributed by atoms with Crippen LogP contribution in [0.3, 0.4) is 0 Å². The molecule has 8 nitrogen and oxygen atoms in total. The summed E-state index contributed by atoms with van der Waals surface area (Å²) in [6, 6.07) is -1.85. The first kappa shape index (κ1) is 12.9. The average molecular weight is 243 g/mol. The number of rotatable bonds is 4. The molecule has 94 valence electrons. The molecule has 0 aromatic heterocycles. The van der Waals surface area contributed by atoms with Gasteiger partial charge in [0.15, 0.2) is 0 Å². The van der Waals surface area contributed by atoms with E-state index in [4.69, 9.17) is 5.11 Å². The summed E-state index contributed by atoms with van der Waals surface area (Å²) >= 11 is 0. The summed E-state index contributed by atoms with van der Waals surface area (Å²) < 4.78 is 0. The molecular formula is C9H13N3O5. The topological polar surface area (TPSA) is 107 Å². The highest BCUT2D eigenvalue weighted by molar-refractivity contribution is 6.02. The van der Waals surface area contributed by atoms with Crippen molar-refractivity contribution in [3.63, 3.8) is 0 Å². The van der Waals surface area contributed by atoms with Crippen molar-refractivity contribution in [2.45, 2.75) is 13.0 Å². The van der Waals surface area contributed by atoms with Gasteiger partial charge in [0.2, 0.25) is 11.8 Å². The summed E-state index contributed by atoms with van der Waals surface area (Å²) in [5.74, 6) is -2.31. The zero-order chi connectivity index (χ0) is 13.2.